The highest BCUT2D eigenvalue weighted by Gasteiger charge is 2.16. The van der Waals surface area contributed by atoms with Crippen molar-refractivity contribution < 1.29 is 9.59 Å². The largest absolute Gasteiger partial charge is 0.366 e. The van der Waals surface area contributed by atoms with Gasteiger partial charge < -0.3 is 11.1 Å². The quantitative estimate of drug-likeness (QED) is 0.902. The molecule has 0 unspecified atom stereocenters. The van der Waals surface area contributed by atoms with Gasteiger partial charge in [0.1, 0.15) is 11.4 Å². The highest BCUT2D eigenvalue weighted by Crippen LogP contribution is 2.35. The molecule has 2 amide bonds. The number of nitrogens with zero attached hydrogens (tertiary/aromatic N) is 1. The normalized spacial score (nSPS) is 9.75. The van der Waals surface area contributed by atoms with Gasteiger partial charge in [0.15, 0.2) is 0 Å². The third-order valence-corrected chi connectivity index (χ3v) is 3.65. The highest BCUT2D eigenvalue weighted by atomic mass is 32.1. The van der Waals surface area contributed by atoms with E-state index in [0.717, 1.165) is 10.4 Å². The second-order valence-corrected chi connectivity index (χ2v) is 5.02. The summed E-state index contributed by atoms with van der Waals surface area (Å²) in [5, 5.41) is 11.4. The van der Waals surface area contributed by atoms with Crippen molar-refractivity contribution in [3.05, 3.63) is 42.0 Å². The van der Waals surface area contributed by atoms with Crippen molar-refractivity contribution >= 4 is 28.2 Å². The van der Waals surface area contributed by atoms with Gasteiger partial charge in [0.05, 0.1) is 11.6 Å². The van der Waals surface area contributed by atoms with Gasteiger partial charge in [0, 0.05) is 4.88 Å². The number of nitrogens with two attached hydrogens (primary N) is 1. The molecular weight excluding hydrogens is 274 g/mol. The van der Waals surface area contributed by atoms with E-state index in [1.807, 2.05) is 30.3 Å². The molecule has 5 nitrogen and oxygen atoms in total. The predicted octanol–water partition coefficient (Wildman–Crippen LogP) is 2.37. The van der Waals surface area contributed by atoms with Crippen molar-refractivity contribution in [1.29, 1.82) is 5.26 Å². The number of carbonyl (C=O) groups is 2. The molecule has 0 saturated carbocycles. The maximum Gasteiger partial charge on any atom is 0.251 e. The third kappa shape index (κ3) is 3.02. The zero-order valence-electron chi connectivity index (χ0n) is 10.4. The Morgan fingerprint density at radius 2 is 2.00 bits per heavy atom. The fourth-order valence-corrected chi connectivity index (χ4v) is 2.74. The average molecular weight is 285 g/mol. The van der Waals surface area contributed by atoms with E-state index in [9.17, 15) is 9.59 Å². The molecule has 3 N–H and O–H groups in total. The molecule has 20 heavy (non-hydrogen) atoms. The molecule has 0 spiro atoms. The lowest BCUT2D eigenvalue weighted by Crippen LogP contribution is -2.15. The summed E-state index contributed by atoms with van der Waals surface area (Å²) in [7, 11) is 0. The Labute approximate surface area is 119 Å². The molecule has 2 aromatic rings. The molecule has 1 heterocycles. The van der Waals surface area contributed by atoms with Crippen LogP contribution in [0.25, 0.3) is 10.4 Å². The molecule has 0 aliphatic carbocycles. The first kappa shape index (κ1) is 13.8. The van der Waals surface area contributed by atoms with Gasteiger partial charge in [0.25, 0.3) is 5.91 Å². The van der Waals surface area contributed by atoms with E-state index in [1.165, 1.54) is 11.3 Å². The zero-order chi connectivity index (χ0) is 14.5. The van der Waals surface area contributed by atoms with E-state index in [1.54, 1.807) is 12.1 Å². The van der Waals surface area contributed by atoms with Crippen molar-refractivity contribution in [1.82, 2.24) is 0 Å². The van der Waals surface area contributed by atoms with Gasteiger partial charge in [-0.2, -0.15) is 5.26 Å². The summed E-state index contributed by atoms with van der Waals surface area (Å²) in [4.78, 5) is 23.7. The Balaban J connectivity index is 2.37. The number of nitriles is 1. The first-order valence-corrected chi connectivity index (χ1v) is 6.59. The standard InChI is InChI=1S/C14H11N3O2S/c15-7-6-12(18)17-14-10(13(16)19)8-11(20-14)9-4-2-1-3-5-9/h1-5,8H,6H2,(H2,16,19)(H,17,18). The van der Waals surface area contributed by atoms with Crippen molar-refractivity contribution in [3.8, 4) is 16.5 Å². The van der Waals surface area contributed by atoms with Crippen LogP contribution in [-0.4, -0.2) is 11.8 Å². The van der Waals surface area contributed by atoms with Gasteiger partial charge in [0.2, 0.25) is 5.91 Å². The number of anilines is 1. The number of benzene rings is 1. The predicted molar refractivity (Wildman–Crippen MR) is 77.1 cm³/mol. The lowest BCUT2D eigenvalue weighted by atomic mass is 10.1. The summed E-state index contributed by atoms with van der Waals surface area (Å²) in [5.41, 5.74) is 6.49. The molecule has 0 atom stereocenters. The minimum absolute atomic E-state index is 0.250. The van der Waals surface area contributed by atoms with Crippen LogP contribution < -0.4 is 11.1 Å². The van der Waals surface area contributed by atoms with Gasteiger partial charge in [-0.15, -0.1) is 11.3 Å². The lowest BCUT2D eigenvalue weighted by molar-refractivity contribution is -0.115. The Hall–Kier alpha value is -2.65. The van der Waals surface area contributed by atoms with Gasteiger partial charge in [-0.1, -0.05) is 30.3 Å². The van der Waals surface area contributed by atoms with Crippen molar-refractivity contribution in [2.45, 2.75) is 6.42 Å². The van der Waals surface area contributed by atoms with E-state index >= 15 is 0 Å². The summed E-state index contributed by atoms with van der Waals surface area (Å²) in [6.45, 7) is 0. The maximum absolute atomic E-state index is 11.5. The fourth-order valence-electron chi connectivity index (χ4n) is 1.65. The molecule has 0 saturated heterocycles. The van der Waals surface area contributed by atoms with Crippen LogP contribution in [0.4, 0.5) is 5.00 Å². The average Bonchev–Trinajstić information content (AvgIpc) is 2.84. The Kier molecular flexibility index (Phi) is 4.13. The van der Waals surface area contributed by atoms with Crippen molar-refractivity contribution in [2.75, 3.05) is 5.32 Å². The summed E-state index contributed by atoms with van der Waals surface area (Å²) in [6.07, 6.45) is -0.267. The van der Waals surface area contributed by atoms with Crippen LogP contribution in [0.5, 0.6) is 0 Å². The van der Waals surface area contributed by atoms with Crippen LogP contribution in [-0.2, 0) is 4.79 Å². The number of thiophene rings is 1. The van der Waals surface area contributed by atoms with Crippen LogP contribution >= 0.6 is 11.3 Å². The summed E-state index contributed by atoms with van der Waals surface area (Å²) in [6, 6.07) is 12.8. The number of amides is 2. The maximum atomic E-state index is 11.5. The van der Waals surface area contributed by atoms with Crippen LogP contribution in [0, 0.1) is 11.3 Å². The topological polar surface area (TPSA) is 96.0 Å². The van der Waals surface area contributed by atoms with Gasteiger partial charge in [-0.3, -0.25) is 9.59 Å². The summed E-state index contributed by atoms with van der Waals surface area (Å²) in [5.74, 6) is -1.08. The summed E-state index contributed by atoms with van der Waals surface area (Å²) >= 11 is 1.25. The smallest absolute Gasteiger partial charge is 0.251 e. The van der Waals surface area contributed by atoms with Crippen molar-refractivity contribution in [3.63, 3.8) is 0 Å². The number of nitrogens with one attached hydrogen (secondary N) is 1. The van der Waals surface area contributed by atoms with Crippen LogP contribution in [0.15, 0.2) is 36.4 Å². The summed E-state index contributed by atoms with van der Waals surface area (Å²) < 4.78 is 0. The van der Waals surface area contributed by atoms with Crippen LogP contribution in [0.2, 0.25) is 0 Å². The molecule has 2 rings (SSSR count). The zero-order valence-corrected chi connectivity index (χ0v) is 11.2. The third-order valence-electron chi connectivity index (χ3n) is 2.55. The lowest BCUT2D eigenvalue weighted by Gasteiger charge is -2.00. The molecular formula is C14H11N3O2S. The van der Waals surface area contributed by atoms with E-state index in [0.29, 0.717) is 5.00 Å². The van der Waals surface area contributed by atoms with E-state index in [-0.39, 0.29) is 12.0 Å². The molecule has 0 bridgehead atoms. The van der Waals surface area contributed by atoms with E-state index in [4.69, 9.17) is 11.0 Å². The molecule has 0 fully saturated rings. The first-order valence-electron chi connectivity index (χ1n) is 5.77. The van der Waals surface area contributed by atoms with Gasteiger partial charge in [-0.25, -0.2) is 0 Å². The van der Waals surface area contributed by atoms with Crippen LogP contribution in [0.1, 0.15) is 16.8 Å². The molecule has 1 aromatic carbocycles. The molecule has 0 aliphatic rings. The van der Waals surface area contributed by atoms with Crippen molar-refractivity contribution in [2.24, 2.45) is 5.73 Å². The first-order chi connectivity index (χ1) is 9.61. The van der Waals surface area contributed by atoms with E-state index < -0.39 is 11.8 Å². The second-order valence-electron chi connectivity index (χ2n) is 3.97. The minimum Gasteiger partial charge on any atom is -0.366 e. The minimum atomic E-state index is -0.615. The Morgan fingerprint density at radius 3 is 2.60 bits per heavy atom. The molecule has 1 aromatic heterocycles. The monoisotopic (exact) mass is 285 g/mol. The van der Waals surface area contributed by atoms with E-state index in [2.05, 4.69) is 5.32 Å². The number of rotatable bonds is 4. The number of carbonyl (C=O) groups excluding carboxylic acids is 2. The Morgan fingerprint density at radius 1 is 1.30 bits per heavy atom. The molecule has 100 valence electrons. The SMILES string of the molecule is N#CCC(=O)Nc1sc(-c2ccccc2)cc1C(N)=O. The molecule has 0 radical (unpaired) electrons. The van der Waals surface area contributed by atoms with Crippen LogP contribution in [0.3, 0.4) is 0 Å². The van der Waals surface area contributed by atoms with Gasteiger partial charge in [-0.05, 0) is 11.6 Å². The number of hydrogen-bond acceptors (Lipinski definition) is 4. The molecule has 0 aliphatic heterocycles. The second kappa shape index (κ2) is 5.99. The highest BCUT2D eigenvalue weighted by molar-refractivity contribution is 7.20. The fraction of sp³-hybridized carbons (Fsp3) is 0.0714. The number of hydrogen-bond donors (Lipinski definition) is 2. The number of primary amides is 1. The van der Waals surface area contributed by atoms with Gasteiger partial charge >= 0.3 is 0 Å². The Bertz CT molecular complexity index is 686. The molecule has 6 heteroatoms.